The van der Waals surface area contributed by atoms with Crippen molar-refractivity contribution in [3.8, 4) is 16.9 Å². The van der Waals surface area contributed by atoms with E-state index in [0.717, 1.165) is 16.5 Å². The quantitative estimate of drug-likeness (QED) is 0.863. The third kappa shape index (κ3) is 2.12. The van der Waals surface area contributed by atoms with Crippen molar-refractivity contribution in [3.63, 3.8) is 0 Å². The fourth-order valence-electron chi connectivity index (χ4n) is 1.81. The van der Waals surface area contributed by atoms with E-state index in [1.54, 1.807) is 12.1 Å². The number of phenolic OH excluding ortho intramolecular Hbond substituents is 1. The molecule has 1 N–H and O–H groups in total. The van der Waals surface area contributed by atoms with Gasteiger partial charge in [0.05, 0.1) is 0 Å². The van der Waals surface area contributed by atoms with Gasteiger partial charge in [0.2, 0.25) is 0 Å². The highest BCUT2D eigenvalue weighted by atomic mass is 79.9. The topological polar surface area (TPSA) is 20.2 Å². The minimum Gasteiger partial charge on any atom is -0.508 e. The monoisotopic (exact) mass is 276 g/mol. The smallest absolute Gasteiger partial charge is 0.116 e. The number of aryl methyl sites for hydroxylation is 1. The highest BCUT2D eigenvalue weighted by Gasteiger charge is 2.07. The molecule has 0 saturated heterocycles. The molecule has 0 heterocycles. The second-order valence-electron chi connectivity index (χ2n) is 3.67. The molecule has 0 unspecified atom stereocenters. The first-order valence-electron chi connectivity index (χ1n) is 5.29. The Morgan fingerprint density at radius 3 is 2.50 bits per heavy atom. The van der Waals surface area contributed by atoms with Crippen LogP contribution in [0.1, 0.15) is 12.5 Å². The van der Waals surface area contributed by atoms with Crippen molar-refractivity contribution >= 4 is 15.9 Å². The molecule has 0 fully saturated rings. The van der Waals surface area contributed by atoms with Gasteiger partial charge in [0.1, 0.15) is 5.75 Å². The summed E-state index contributed by atoms with van der Waals surface area (Å²) in [5.74, 6) is 0.282. The Morgan fingerprint density at radius 1 is 1.06 bits per heavy atom. The molecule has 2 rings (SSSR count). The maximum Gasteiger partial charge on any atom is 0.116 e. The van der Waals surface area contributed by atoms with Crippen LogP contribution in [0.3, 0.4) is 0 Å². The number of aromatic hydroxyl groups is 1. The van der Waals surface area contributed by atoms with Crippen LogP contribution in [0, 0.1) is 0 Å². The summed E-state index contributed by atoms with van der Waals surface area (Å²) in [5, 5.41) is 9.38. The van der Waals surface area contributed by atoms with Gasteiger partial charge in [0.15, 0.2) is 0 Å². The summed E-state index contributed by atoms with van der Waals surface area (Å²) in [6.45, 7) is 2.15. The van der Waals surface area contributed by atoms with Crippen molar-refractivity contribution in [1.29, 1.82) is 0 Å². The Balaban J connectivity index is 2.58. The summed E-state index contributed by atoms with van der Waals surface area (Å²) in [5.41, 5.74) is 3.65. The molecular formula is C14H13BrO. The average Bonchev–Trinajstić information content (AvgIpc) is 2.29. The SMILES string of the molecule is CCc1ccccc1-c1ccc(O)cc1Br. The van der Waals surface area contributed by atoms with Gasteiger partial charge in [0, 0.05) is 4.47 Å². The van der Waals surface area contributed by atoms with Crippen LogP contribution in [0.2, 0.25) is 0 Å². The molecule has 2 aromatic rings. The lowest BCUT2D eigenvalue weighted by molar-refractivity contribution is 0.475. The molecule has 0 saturated carbocycles. The van der Waals surface area contributed by atoms with Crippen molar-refractivity contribution in [2.45, 2.75) is 13.3 Å². The molecule has 0 aromatic heterocycles. The minimum absolute atomic E-state index is 0.282. The molecule has 0 radical (unpaired) electrons. The maximum atomic E-state index is 9.38. The fourth-order valence-corrected chi connectivity index (χ4v) is 2.39. The van der Waals surface area contributed by atoms with Gasteiger partial charge >= 0.3 is 0 Å². The van der Waals surface area contributed by atoms with E-state index in [9.17, 15) is 5.11 Å². The Bertz CT molecular complexity index is 506. The number of phenols is 1. The van der Waals surface area contributed by atoms with E-state index in [1.807, 2.05) is 12.1 Å². The molecule has 16 heavy (non-hydrogen) atoms. The van der Waals surface area contributed by atoms with Gasteiger partial charge in [-0.2, -0.15) is 0 Å². The van der Waals surface area contributed by atoms with Gasteiger partial charge in [-0.25, -0.2) is 0 Å². The van der Waals surface area contributed by atoms with Crippen LogP contribution in [0.5, 0.6) is 5.75 Å². The number of hydrogen-bond donors (Lipinski definition) is 1. The Hall–Kier alpha value is -1.28. The van der Waals surface area contributed by atoms with Gasteiger partial charge in [-0.05, 0) is 41.3 Å². The summed E-state index contributed by atoms with van der Waals surface area (Å²) in [6.07, 6.45) is 1.00. The summed E-state index contributed by atoms with van der Waals surface area (Å²) in [6, 6.07) is 13.7. The second kappa shape index (κ2) is 4.71. The van der Waals surface area contributed by atoms with Crippen molar-refractivity contribution in [1.82, 2.24) is 0 Å². The lowest BCUT2D eigenvalue weighted by Crippen LogP contribution is -1.87. The molecule has 0 aliphatic rings. The predicted molar refractivity (Wildman–Crippen MR) is 70.6 cm³/mol. The summed E-state index contributed by atoms with van der Waals surface area (Å²) in [4.78, 5) is 0. The third-order valence-electron chi connectivity index (χ3n) is 2.64. The molecule has 0 amide bonds. The molecule has 0 spiro atoms. The Labute approximate surface area is 104 Å². The molecule has 1 nitrogen and oxygen atoms in total. The van der Waals surface area contributed by atoms with Gasteiger partial charge < -0.3 is 5.11 Å². The number of hydrogen-bond acceptors (Lipinski definition) is 1. The highest BCUT2D eigenvalue weighted by molar-refractivity contribution is 9.10. The fraction of sp³-hybridized carbons (Fsp3) is 0.143. The maximum absolute atomic E-state index is 9.38. The lowest BCUT2D eigenvalue weighted by Gasteiger charge is -2.10. The minimum atomic E-state index is 0.282. The van der Waals surface area contributed by atoms with Gasteiger partial charge in [-0.3, -0.25) is 0 Å². The van der Waals surface area contributed by atoms with Gasteiger partial charge in [0.25, 0.3) is 0 Å². The Kier molecular flexibility index (Phi) is 3.30. The first-order chi connectivity index (χ1) is 7.72. The molecular weight excluding hydrogens is 264 g/mol. The summed E-state index contributed by atoms with van der Waals surface area (Å²) in [7, 11) is 0. The zero-order valence-corrected chi connectivity index (χ0v) is 10.7. The van der Waals surface area contributed by atoms with Crippen LogP contribution in [0.25, 0.3) is 11.1 Å². The molecule has 0 atom stereocenters. The summed E-state index contributed by atoms with van der Waals surface area (Å²) < 4.78 is 0.924. The number of rotatable bonds is 2. The van der Waals surface area contributed by atoms with E-state index >= 15 is 0 Å². The van der Waals surface area contributed by atoms with E-state index in [0.29, 0.717) is 0 Å². The van der Waals surface area contributed by atoms with Crippen LogP contribution in [-0.2, 0) is 6.42 Å². The van der Waals surface area contributed by atoms with Crippen molar-refractivity contribution in [2.75, 3.05) is 0 Å². The lowest BCUT2D eigenvalue weighted by atomic mass is 9.98. The molecule has 0 bridgehead atoms. The highest BCUT2D eigenvalue weighted by Crippen LogP contribution is 2.33. The van der Waals surface area contributed by atoms with Crippen LogP contribution >= 0.6 is 15.9 Å². The van der Waals surface area contributed by atoms with Crippen LogP contribution in [-0.4, -0.2) is 5.11 Å². The van der Waals surface area contributed by atoms with E-state index in [2.05, 4.69) is 41.1 Å². The molecule has 82 valence electrons. The standard InChI is InChI=1S/C14H13BrO/c1-2-10-5-3-4-6-12(10)13-8-7-11(16)9-14(13)15/h3-9,16H,2H2,1H3. The van der Waals surface area contributed by atoms with Gasteiger partial charge in [-0.15, -0.1) is 0 Å². The molecule has 0 aliphatic carbocycles. The summed E-state index contributed by atoms with van der Waals surface area (Å²) >= 11 is 3.49. The van der Waals surface area contributed by atoms with Gasteiger partial charge in [-0.1, -0.05) is 47.1 Å². The van der Waals surface area contributed by atoms with E-state index in [4.69, 9.17) is 0 Å². The van der Waals surface area contributed by atoms with Crippen LogP contribution in [0.4, 0.5) is 0 Å². The first kappa shape index (κ1) is 11.2. The zero-order valence-electron chi connectivity index (χ0n) is 9.07. The zero-order chi connectivity index (χ0) is 11.5. The van der Waals surface area contributed by atoms with E-state index in [1.165, 1.54) is 11.1 Å². The van der Waals surface area contributed by atoms with Crippen molar-refractivity contribution < 1.29 is 5.11 Å². The van der Waals surface area contributed by atoms with Crippen molar-refractivity contribution in [2.24, 2.45) is 0 Å². The Morgan fingerprint density at radius 2 is 1.81 bits per heavy atom. The van der Waals surface area contributed by atoms with E-state index in [-0.39, 0.29) is 5.75 Å². The predicted octanol–water partition coefficient (Wildman–Crippen LogP) is 4.38. The second-order valence-corrected chi connectivity index (χ2v) is 4.53. The van der Waals surface area contributed by atoms with Crippen LogP contribution in [0.15, 0.2) is 46.9 Å². The van der Waals surface area contributed by atoms with Crippen molar-refractivity contribution in [3.05, 3.63) is 52.5 Å². The number of halogens is 1. The van der Waals surface area contributed by atoms with E-state index < -0.39 is 0 Å². The molecule has 2 heteroatoms. The molecule has 0 aliphatic heterocycles. The third-order valence-corrected chi connectivity index (χ3v) is 3.30. The first-order valence-corrected chi connectivity index (χ1v) is 6.08. The normalized spacial score (nSPS) is 10.4. The van der Waals surface area contributed by atoms with Crippen LogP contribution < -0.4 is 0 Å². The molecule has 2 aromatic carbocycles. The largest absolute Gasteiger partial charge is 0.508 e. The number of benzene rings is 2. The average molecular weight is 277 g/mol.